The predicted molar refractivity (Wildman–Crippen MR) is 39.4 cm³/mol. The highest BCUT2D eigenvalue weighted by molar-refractivity contribution is 4.93. The summed E-state index contributed by atoms with van der Waals surface area (Å²) in [6.07, 6.45) is -5.26. The van der Waals surface area contributed by atoms with Crippen molar-refractivity contribution < 1.29 is 25.2 Å². The molecule has 1 aliphatic rings. The summed E-state index contributed by atoms with van der Waals surface area (Å²) in [5.74, 6) is 0. The number of ether oxygens (including phenoxy) is 1. The second-order valence-electron chi connectivity index (χ2n) is 3.05. The molecular weight excluding hydrogens is 164 g/mol. The highest BCUT2D eigenvalue weighted by Crippen LogP contribution is 2.22. The van der Waals surface area contributed by atoms with Gasteiger partial charge in [-0.2, -0.15) is 0 Å². The quantitative estimate of drug-likeness (QED) is 0.367. The van der Waals surface area contributed by atoms with Crippen LogP contribution in [0, 0.1) is 0 Å². The Hall–Kier alpha value is -0.200. The second kappa shape index (κ2) is 3.68. The number of aliphatic hydroxyl groups is 4. The van der Waals surface area contributed by atoms with E-state index in [9.17, 15) is 10.2 Å². The third kappa shape index (κ3) is 1.60. The van der Waals surface area contributed by atoms with E-state index in [1.54, 1.807) is 0 Å². The fourth-order valence-corrected chi connectivity index (χ4v) is 1.40. The molecular formula is C7H14O5. The maximum Gasteiger partial charge on any atom is 0.111 e. The highest BCUT2D eigenvalue weighted by Gasteiger charge is 2.41. The van der Waals surface area contributed by atoms with Crippen LogP contribution in [0.1, 0.15) is 6.42 Å². The van der Waals surface area contributed by atoms with Gasteiger partial charge in [0.1, 0.15) is 18.3 Å². The fourth-order valence-electron chi connectivity index (χ4n) is 1.40. The summed E-state index contributed by atoms with van der Waals surface area (Å²) < 4.78 is 4.81. The molecule has 1 fully saturated rings. The van der Waals surface area contributed by atoms with Crippen LogP contribution < -0.4 is 0 Å². The van der Waals surface area contributed by atoms with Gasteiger partial charge in [-0.05, 0) is 0 Å². The minimum atomic E-state index is -1.33. The normalized spacial score (nSPS) is 49.2. The van der Waals surface area contributed by atoms with Crippen LogP contribution in [-0.2, 0) is 4.74 Å². The van der Waals surface area contributed by atoms with Gasteiger partial charge in [0.05, 0.1) is 12.2 Å². The zero-order valence-electron chi connectivity index (χ0n) is 6.79. The fraction of sp³-hybridized carbons (Fsp3) is 1.00. The monoisotopic (exact) mass is 178 g/mol. The largest absolute Gasteiger partial charge is 0.390 e. The van der Waals surface area contributed by atoms with Gasteiger partial charge in [0.15, 0.2) is 0 Å². The van der Waals surface area contributed by atoms with Crippen LogP contribution in [0.5, 0.6) is 0 Å². The standard InChI is InChI=1S/C7H14O5/c1-12-4-2-3(8)5(9)7(11)6(4)10/h3-11H,2H2,1H3/t3?,4?,5?,6?,7-/m1/s1. The van der Waals surface area contributed by atoms with E-state index in [0.717, 1.165) is 0 Å². The van der Waals surface area contributed by atoms with Gasteiger partial charge in [-0.3, -0.25) is 0 Å². The van der Waals surface area contributed by atoms with Crippen molar-refractivity contribution in [3.63, 3.8) is 0 Å². The van der Waals surface area contributed by atoms with Crippen LogP contribution in [0.25, 0.3) is 0 Å². The first-order valence-electron chi connectivity index (χ1n) is 3.83. The first-order valence-corrected chi connectivity index (χ1v) is 3.83. The SMILES string of the molecule is COC1CC(O)C(O)[C@@H](O)C1O. The van der Waals surface area contributed by atoms with Crippen molar-refractivity contribution in [1.29, 1.82) is 0 Å². The molecule has 5 atom stereocenters. The van der Waals surface area contributed by atoms with Crippen LogP contribution in [0.3, 0.4) is 0 Å². The lowest BCUT2D eigenvalue weighted by Crippen LogP contribution is -2.56. The minimum Gasteiger partial charge on any atom is -0.390 e. The molecule has 72 valence electrons. The van der Waals surface area contributed by atoms with Crippen LogP contribution in [0.15, 0.2) is 0 Å². The maximum atomic E-state index is 9.28. The van der Waals surface area contributed by atoms with E-state index >= 15 is 0 Å². The molecule has 0 aromatic rings. The van der Waals surface area contributed by atoms with E-state index in [0.29, 0.717) is 0 Å². The van der Waals surface area contributed by atoms with Crippen molar-refractivity contribution >= 4 is 0 Å². The van der Waals surface area contributed by atoms with E-state index in [2.05, 4.69) is 0 Å². The Balaban J connectivity index is 2.63. The Labute approximate surface area is 70.2 Å². The lowest BCUT2D eigenvalue weighted by Gasteiger charge is -2.37. The van der Waals surface area contributed by atoms with Crippen LogP contribution in [0.4, 0.5) is 0 Å². The van der Waals surface area contributed by atoms with Crippen molar-refractivity contribution in [2.75, 3.05) is 7.11 Å². The zero-order chi connectivity index (χ0) is 9.30. The number of rotatable bonds is 1. The summed E-state index contributed by atoms with van der Waals surface area (Å²) in [7, 11) is 1.38. The van der Waals surface area contributed by atoms with E-state index in [4.69, 9.17) is 14.9 Å². The molecule has 0 aromatic heterocycles. The molecule has 0 amide bonds. The van der Waals surface area contributed by atoms with Crippen molar-refractivity contribution in [3.05, 3.63) is 0 Å². The Morgan fingerprint density at radius 3 is 2.08 bits per heavy atom. The topological polar surface area (TPSA) is 90.2 Å². The average Bonchev–Trinajstić information content (AvgIpc) is 2.08. The molecule has 5 nitrogen and oxygen atoms in total. The average molecular weight is 178 g/mol. The third-order valence-corrected chi connectivity index (χ3v) is 2.25. The molecule has 0 aliphatic heterocycles. The number of hydrogen-bond acceptors (Lipinski definition) is 5. The smallest absolute Gasteiger partial charge is 0.111 e. The minimum absolute atomic E-state index is 0.135. The highest BCUT2D eigenvalue weighted by atomic mass is 16.5. The van der Waals surface area contributed by atoms with Gasteiger partial charge in [-0.25, -0.2) is 0 Å². The molecule has 1 rings (SSSR count). The van der Waals surface area contributed by atoms with Crippen molar-refractivity contribution in [3.8, 4) is 0 Å². The van der Waals surface area contributed by atoms with Gasteiger partial charge in [-0.15, -0.1) is 0 Å². The Kier molecular flexibility index (Phi) is 3.03. The Morgan fingerprint density at radius 2 is 1.58 bits per heavy atom. The first-order chi connectivity index (χ1) is 5.57. The van der Waals surface area contributed by atoms with Crippen molar-refractivity contribution in [1.82, 2.24) is 0 Å². The van der Waals surface area contributed by atoms with E-state index in [1.807, 2.05) is 0 Å². The molecule has 0 heterocycles. The lowest BCUT2D eigenvalue weighted by molar-refractivity contribution is -0.183. The summed E-state index contributed by atoms with van der Waals surface area (Å²) in [5.41, 5.74) is 0. The molecule has 0 spiro atoms. The van der Waals surface area contributed by atoms with Crippen LogP contribution in [-0.4, -0.2) is 58.1 Å². The van der Waals surface area contributed by atoms with Gasteiger partial charge < -0.3 is 25.2 Å². The maximum absolute atomic E-state index is 9.28. The molecule has 1 aliphatic carbocycles. The van der Waals surface area contributed by atoms with Gasteiger partial charge in [0.2, 0.25) is 0 Å². The molecule has 0 aromatic carbocycles. The zero-order valence-corrected chi connectivity index (χ0v) is 6.79. The third-order valence-electron chi connectivity index (χ3n) is 2.25. The Morgan fingerprint density at radius 1 is 1.00 bits per heavy atom. The summed E-state index contributed by atoms with van der Waals surface area (Å²) in [4.78, 5) is 0. The van der Waals surface area contributed by atoms with E-state index < -0.39 is 30.5 Å². The molecule has 0 bridgehead atoms. The predicted octanol–water partition coefficient (Wildman–Crippen LogP) is -2.15. The molecule has 4 N–H and O–H groups in total. The lowest BCUT2D eigenvalue weighted by atomic mass is 9.87. The summed E-state index contributed by atoms with van der Waals surface area (Å²) in [6, 6.07) is 0. The second-order valence-corrected chi connectivity index (χ2v) is 3.05. The number of aliphatic hydroxyl groups excluding tert-OH is 4. The van der Waals surface area contributed by atoms with Crippen molar-refractivity contribution in [2.24, 2.45) is 0 Å². The molecule has 1 saturated carbocycles. The van der Waals surface area contributed by atoms with Crippen LogP contribution >= 0.6 is 0 Å². The summed E-state index contributed by atoms with van der Waals surface area (Å²) in [6.45, 7) is 0. The van der Waals surface area contributed by atoms with Gasteiger partial charge >= 0.3 is 0 Å². The number of hydrogen-bond donors (Lipinski definition) is 4. The summed E-state index contributed by atoms with van der Waals surface area (Å²) >= 11 is 0. The molecule has 4 unspecified atom stereocenters. The van der Waals surface area contributed by atoms with Crippen molar-refractivity contribution in [2.45, 2.75) is 36.9 Å². The first kappa shape index (κ1) is 9.88. The molecule has 5 heteroatoms. The summed E-state index contributed by atoms with van der Waals surface area (Å²) in [5, 5.41) is 36.7. The van der Waals surface area contributed by atoms with E-state index in [-0.39, 0.29) is 6.42 Å². The molecule has 0 radical (unpaired) electrons. The Bertz CT molecular complexity index is 146. The van der Waals surface area contributed by atoms with E-state index in [1.165, 1.54) is 7.11 Å². The van der Waals surface area contributed by atoms with Gasteiger partial charge in [-0.1, -0.05) is 0 Å². The van der Waals surface area contributed by atoms with Gasteiger partial charge in [0.25, 0.3) is 0 Å². The van der Waals surface area contributed by atoms with Crippen LogP contribution in [0.2, 0.25) is 0 Å². The molecule has 0 saturated heterocycles. The number of methoxy groups -OCH3 is 1. The van der Waals surface area contributed by atoms with Gasteiger partial charge in [0, 0.05) is 13.5 Å². The molecule has 12 heavy (non-hydrogen) atoms.